The van der Waals surface area contributed by atoms with E-state index in [0.29, 0.717) is 0 Å². The number of hydrogen-bond donors (Lipinski definition) is 1. The lowest BCUT2D eigenvalue weighted by atomic mass is 10.0. The SMILES string of the molecule is Cc1cc2c(s1)NC(=O)CN=C2c1ccccc1. The Balaban J connectivity index is 2.16. The van der Waals surface area contributed by atoms with Crippen molar-refractivity contribution in [3.8, 4) is 0 Å². The van der Waals surface area contributed by atoms with Gasteiger partial charge in [0.1, 0.15) is 11.5 Å². The number of nitrogens with zero attached hydrogens (tertiary/aromatic N) is 1. The van der Waals surface area contributed by atoms with Crippen molar-refractivity contribution < 1.29 is 4.79 Å². The zero-order valence-electron chi connectivity index (χ0n) is 9.93. The van der Waals surface area contributed by atoms with E-state index in [9.17, 15) is 4.79 Å². The van der Waals surface area contributed by atoms with E-state index in [-0.39, 0.29) is 12.5 Å². The van der Waals surface area contributed by atoms with Crippen LogP contribution in [0.15, 0.2) is 41.4 Å². The van der Waals surface area contributed by atoms with Crippen LogP contribution in [-0.4, -0.2) is 18.2 Å². The van der Waals surface area contributed by atoms with Crippen LogP contribution in [0.25, 0.3) is 0 Å². The van der Waals surface area contributed by atoms with Crippen LogP contribution >= 0.6 is 11.3 Å². The summed E-state index contributed by atoms with van der Waals surface area (Å²) in [7, 11) is 0. The molecule has 3 nitrogen and oxygen atoms in total. The summed E-state index contributed by atoms with van der Waals surface area (Å²) in [6.07, 6.45) is 0. The highest BCUT2D eigenvalue weighted by Gasteiger charge is 2.19. The number of carbonyl (C=O) groups excluding carboxylic acids is 1. The summed E-state index contributed by atoms with van der Waals surface area (Å²) in [6, 6.07) is 12.1. The van der Waals surface area contributed by atoms with Gasteiger partial charge in [0.05, 0.1) is 5.71 Å². The van der Waals surface area contributed by atoms with Crippen LogP contribution in [0.2, 0.25) is 0 Å². The van der Waals surface area contributed by atoms with Gasteiger partial charge in [0.25, 0.3) is 0 Å². The van der Waals surface area contributed by atoms with Crippen molar-refractivity contribution in [2.75, 3.05) is 11.9 Å². The lowest BCUT2D eigenvalue weighted by Crippen LogP contribution is -2.12. The number of aryl methyl sites for hydroxylation is 1. The molecule has 0 aliphatic carbocycles. The first-order valence-corrected chi connectivity index (χ1v) is 6.56. The van der Waals surface area contributed by atoms with E-state index < -0.39 is 0 Å². The molecule has 1 aliphatic rings. The molecule has 0 unspecified atom stereocenters. The second-order valence-electron chi connectivity index (χ2n) is 4.18. The summed E-state index contributed by atoms with van der Waals surface area (Å²) in [6.45, 7) is 2.22. The van der Waals surface area contributed by atoms with Gasteiger partial charge in [-0.3, -0.25) is 9.79 Å². The van der Waals surface area contributed by atoms with E-state index in [2.05, 4.69) is 16.4 Å². The predicted octanol–water partition coefficient (Wildman–Crippen LogP) is 2.85. The molecule has 1 aliphatic heterocycles. The van der Waals surface area contributed by atoms with E-state index in [4.69, 9.17) is 0 Å². The minimum Gasteiger partial charge on any atom is -0.316 e. The van der Waals surface area contributed by atoms with Crippen LogP contribution in [-0.2, 0) is 4.79 Å². The third-order valence-corrected chi connectivity index (χ3v) is 3.76. The van der Waals surface area contributed by atoms with Gasteiger partial charge in [-0.1, -0.05) is 30.3 Å². The molecule has 18 heavy (non-hydrogen) atoms. The molecule has 0 atom stereocenters. The topological polar surface area (TPSA) is 41.5 Å². The van der Waals surface area contributed by atoms with E-state index in [1.165, 1.54) is 4.88 Å². The third-order valence-electron chi connectivity index (χ3n) is 2.79. The Hall–Kier alpha value is -1.94. The fourth-order valence-corrected chi connectivity index (χ4v) is 2.96. The average Bonchev–Trinajstić information content (AvgIpc) is 2.64. The Morgan fingerprint density at radius 1 is 1.28 bits per heavy atom. The number of rotatable bonds is 1. The maximum atomic E-state index is 11.6. The molecule has 0 spiro atoms. The molecule has 1 N–H and O–H groups in total. The number of anilines is 1. The van der Waals surface area contributed by atoms with Gasteiger partial charge in [-0.25, -0.2) is 0 Å². The summed E-state index contributed by atoms with van der Waals surface area (Å²) in [5, 5.41) is 3.81. The molecule has 1 aromatic carbocycles. The van der Waals surface area contributed by atoms with Crippen molar-refractivity contribution in [2.24, 2.45) is 4.99 Å². The van der Waals surface area contributed by atoms with E-state index >= 15 is 0 Å². The van der Waals surface area contributed by atoms with Crippen LogP contribution in [0.4, 0.5) is 5.00 Å². The van der Waals surface area contributed by atoms with Gasteiger partial charge in [-0.05, 0) is 13.0 Å². The molecule has 0 bridgehead atoms. The summed E-state index contributed by atoms with van der Waals surface area (Å²) in [5.41, 5.74) is 2.97. The Labute approximate surface area is 109 Å². The van der Waals surface area contributed by atoms with Crippen molar-refractivity contribution in [3.63, 3.8) is 0 Å². The quantitative estimate of drug-likeness (QED) is 0.837. The number of amides is 1. The summed E-state index contributed by atoms with van der Waals surface area (Å²) in [5.74, 6) is -0.0518. The normalized spacial score (nSPS) is 14.5. The van der Waals surface area contributed by atoms with Crippen molar-refractivity contribution in [1.29, 1.82) is 0 Å². The lowest BCUT2D eigenvalue weighted by molar-refractivity contribution is -0.114. The largest absolute Gasteiger partial charge is 0.316 e. The fraction of sp³-hybridized carbons (Fsp3) is 0.143. The predicted molar refractivity (Wildman–Crippen MR) is 74.6 cm³/mol. The fourth-order valence-electron chi connectivity index (χ4n) is 2.03. The lowest BCUT2D eigenvalue weighted by Gasteiger charge is -2.04. The van der Waals surface area contributed by atoms with Gasteiger partial charge in [0.2, 0.25) is 5.91 Å². The number of nitrogens with one attached hydrogen (secondary N) is 1. The standard InChI is InChI=1S/C14H12N2OS/c1-9-7-11-13(10-5-3-2-4-6-10)15-8-12(17)16-14(11)18-9/h2-7H,8H2,1H3,(H,16,17). The molecule has 3 rings (SSSR count). The van der Waals surface area contributed by atoms with Crippen LogP contribution in [0.1, 0.15) is 16.0 Å². The second-order valence-corrected chi connectivity index (χ2v) is 5.44. The molecule has 2 heterocycles. The highest BCUT2D eigenvalue weighted by molar-refractivity contribution is 7.16. The first-order valence-electron chi connectivity index (χ1n) is 5.74. The van der Waals surface area contributed by atoms with Gasteiger partial charge < -0.3 is 5.32 Å². The Morgan fingerprint density at radius 3 is 2.83 bits per heavy atom. The molecule has 90 valence electrons. The van der Waals surface area contributed by atoms with E-state index in [0.717, 1.165) is 21.8 Å². The van der Waals surface area contributed by atoms with Gasteiger partial charge in [0, 0.05) is 16.0 Å². The number of fused-ring (bicyclic) bond motifs is 1. The minimum atomic E-state index is -0.0518. The third kappa shape index (κ3) is 1.95. The number of carbonyl (C=O) groups is 1. The Morgan fingerprint density at radius 2 is 2.06 bits per heavy atom. The maximum Gasteiger partial charge on any atom is 0.246 e. The zero-order valence-corrected chi connectivity index (χ0v) is 10.8. The van der Waals surface area contributed by atoms with Gasteiger partial charge in [-0.2, -0.15) is 0 Å². The first-order chi connectivity index (χ1) is 8.74. The highest BCUT2D eigenvalue weighted by atomic mass is 32.1. The first kappa shape index (κ1) is 11.2. The Kier molecular flexibility index (Phi) is 2.72. The van der Waals surface area contributed by atoms with Crippen LogP contribution in [0, 0.1) is 6.92 Å². The smallest absolute Gasteiger partial charge is 0.246 e. The van der Waals surface area contributed by atoms with Crippen molar-refractivity contribution in [3.05, 3.63) is 52.4 Å². The van der Waals surface area contributed by atoms with Crippen molar-refractivity contribution >= 4 is 28.0 Å². The monoisotopic (exact) mass is 256 g/mol. The number of aliphatic imine (C=N–C) groups is 1. The van der Waals surface area contributed by atoms with Gasteiger partial charge >= 0.3 is 0 Å². The number of hydrogen-bond acceptors (Lipinski definition) is 3. The van der Waals surface area contributed by atoms with Crippen LogP contribution in [0.3, 0.4) is 0 Å². The van der Waals surface area contributed by atoms with Gasteiger partial charge in [0.15, 0.2) is 0 Å². The van der Waals surface area contributed by atoms with E-state index in [1.54, 1.807) is 11.3 Å². The molecular formula is C14H12N2OS. The molecular weight excluding hydrogens is 244 g/mol. The number of thiophene rings is 1. The Bertz CT molecular complexity index is 628. The molecule has 0 saturated heterocycles. The average molecular weight is 256 g/mol. The molecule has 0 fully saturated rings. The molecule has 0 radical (unpaired) electrons. The zero-order chi connectivity index (χ0) is 12.5. The molecule has 1 amide bonds. The van der Waals surface area contributed by atoms with E-state index in [1.807, 2.05) is 37.3 Å². The minimum absolute atomic E-state index is 0.0518. The summed E-state index contributed by atoms with van der Waals surface area (Å²) in [4.78, 5) is 17.2. The summed E-state index contributed by atoms with van der Waals surface area (Å²) < 4.78 is 0. The second kappa shape index (κ2) is 4.38. The molecule has 2 aromatic rings. The van der Waals surface area contributed by atoms with Crippen LogP contribution < -0.4 is 5.32 Å². The maximum absolute atomic E-state index is 11.6. The van der Waals surface area contributed by atoms with Crippen LogP contribution in [0.5, 0.6) is 0 Å². The van der Waals surface area contributed by atoms with Gasteiger partial charge in [-0.15, -0.1) is 11.3 Å². The van der Waals surface area contributed by atoms with Crippen molar-refractivity contribution in [1.82, 2.24) is 0 Å². The summed E-state index contributed by atoms with van der Waals surface area (Å²) >= 11 is 1.59. The molecule has 4 heteroatoms. The highest BCUT2D eigenvalue weighted by Crippen LogP contribution is 2.31. The van der Waals surface area contributed by atoms with Crippen molar-refractivity contribution in [2.45, 2.75) is 6.92 Å². The number of benzene rings is 1. The molecule has 1 aromatic heterocycles. The molecule has 0 saturated carbocycles.